The summed E-state index contributed by atoms with van der Waals surface area (Å²) in [7, 11) is 0. The molecule has 1 aliphatic heterocycles. The minimum Gasteiger partial charge on any atom is -0.328 e. The Bertz CT molecular complexity index is 462. The molecule has 1 aromatic carbocycles. The van der Waals surface area contributed by atoms with Crippen molar-refractivity contribution in [2.75, 3.05) is 32.7 Å². The number of amides is 2. The lowest BCUT2D eigenvalue weighted by Gasteiger charge is -2.35. The molecule has 0 bridgehead atoms. The third kappa shape index (κ3) is 2.66. The predicted octanol–water partition coefficient (Wildman–Crippen LogP) is 2.02. The largest absolute Gasteiger partial charge is 0.328 e. The highest BCUT2D eigenvalue weighted by molar-refractivity contribution is 5.76. The van der Waals surface area contributed by atoms with E-state index in [4.69, 9.17) is 0 Å². The second-order valence-electron chi connectivity index (χ2n) is 5.80. The number of carbonyl (C=O) groups excluding carboxylic acids is 1. The van der Waals surface area contributed by atoms with E-state index in [1.54, 1.807) is 0 Å². The molecule has 2 aliphatic rings. The fourth-order valence-corrected chi connectivity index (χ4v) is 2.92. The van der Waals surface area contributed by atoms with E-state index in [-0.39, 0.29) is 11.6 Å². The smallest absolute Gasteiger partial charge is 0.318 e. The highest BCUT2D eigenvalue weighted by atomic mass is 16.2. The van der Waals surface area contributed by atoms with Gasteiger partial charge in [0.15, 0.2) is 0 Å². The molecular formula is C16H23N3O. The van der Waals surface area contributed by atoms with E-state index < -0.39 is 0 Å². The average Bonchev–Trinajstić information content (AvgIpc) is 3.29. The Hall–Kier alpha value is -1.55. The van der Waals surface area contributed by atoms with Gasteiger partial charge < -0.3 is 15.1 Å². The van der Waals surface area contributed by atoms with Crippen LogP contribution in [0.3, 0.4) is 0 Å². The van der Waals surface area contributed by atoms with Gasteiger partial charge in [0.25, 0.3) is 0 Å². The van der Waals surface area contributed by atoms with Crippen LogP contribution in [0.1, 0.15) is 25.3 Å². The van der Waals surface area contributed by atoms with E-state index in [0.717, 1.165) is 45.6 Å². The topological polar surface area (TPSA) is 35.6 Å². The van der Waals surface area contributed by atoms with Gasteiger partial charge in [0.05, 0.1) is 5.54 Å². The van der Waals surface area contributed by atoms with Gasteiger partial charge in [-0.15, -0.1) is 0 Å². The first-order valence-electron chi connectivity index (χ1n) is 7.58. The molecule has 1 N–H and O–H groups in total. The predicted molar refractivity (Wildman–Crippen MR) is 79.6 cm³/mol. The van der Waals surface area contributed by atoms with E-state index in [1.807, 2.05) is 23.1 Å². The van der Waals surface area contributed by atoms with Crippen molar-refractivity contribution < 1.29 is 4.79 Å². The van der Waals surface area contributed by atoms with Gasteiger partial charge in [0, 0.05) is 26.2 Å². The van der Waals surface area contributed by atoms with Gasteiger partial charge in [-0.2, -0.15) is 0 Å². The molecule has 0 unspecified atom stereocenters. The molecule has 20 heavy (non-hydrogen) atoms. The SMILES string of the molecule is CCN1CCN(C(=O)NC2(c3ccccc3)CC2)CC1. The molecule has 1 aliphatic carbocycles. The molecule has 0 aromatic heterocycles. The fourth-order valence-electron chi connectivity index (χ4n) is 2.92. The summed E-state index contributed by atoms with van der Waals surface area (Å²) in [6.07, 6.45) is 2.11. The Morgan fingerprint density at radius 3 is 2.35 bits per heavy atom. The van der Waals surface area contributed by atoms with Gasteiger partial charge in [-0.3, -0.25) is 0 Å². The number of carbonyl (C=O) groups is 1. The molecule has 2 amide bonds. The number of hydrogen-bond acceptors (Lipinski definition) is 2. The lowest BCUT2D eigenvalue weighted by Crippen LogP contribution is -2.53. The maximum Gasteiger partial charge on any atom is 0.318 e. The molecule has 0 atom stereocenters. The van der Waals surface area contributed by atoms with Crippen LogP contribution in [0.2, 0.25) is 0 Å². The number of rotatable bonds is 3. The first-order chi connectivity index (χ1) is 9.73. The second kappa shape index (κ2) is 5.44. The molecule has 1 saturated heterocycles. The van der Waals surface area contributed by atoms with Crippen LogP contribution in [0.5, 0.6) is 0 Å². The zero-order valence-corrected chi connectivity index (χ0v) is 12.1. The standard InChI is InChI=1S/C16H23N3O/c1-2-18-10-12-19(13-11-18)15(20)17-16(8-9-16)14-6-4-3-5-7-14/h3-7H,2,8-13H2,1H3,(H,17,20). The summed E-state index contributed by atoms with van der Waals surface area (Å²) >= 11 is 0. The number of nitrogens with zero attached hydrogens (tertiary/aromatic N) is 2. The van der Waals surface area contributed by atoms with Crippen molar-refractivity contribution in [3.8, 4) is 0 Å². The van der Waals surface area contributed by atoms with E-state index >= 15 is 0 Å². The Balaban J connectivity index is 1.60. The molecule has 108 valence electrons. The maximum atomic E-state index is 12.4. The average molecular weight is 273 g/mol. The van der Waals surface area contributed by atoms with Crippen molar-refractivity contribution >= 4 is 6.03 Å². The van der Waals surface area contributed by atoms with Crippen LogP contribution in [0, 0.1) is 0 Å². The molecule has 1 saturated carbocycles. The summed E-state index contributed by atoms with van der Waals surface area (Å²) in [5.74, 6) is 0. The van der Waals surface area contributed by atoms with Gasteiger partial charge in [-0.1, -0.05) is 37.3 Å². The number of piperazine rings is 1. The van der Waals surface area contributed by atoms with Crippen LogP contribution >= 0.6 is 0 Å². The van der Waals surface area contributed by atoms with E-state index in [0.29, 0.717) is 0 Å². The van der Waals surface area contributed by atoms with Crippen molar-refractivity contribution in [1.29, 1.82) is 0 Å². The normalized spacial score (nSPS) is 21.6. The molecule has 1 aromatic rings. The summed E-state index contributed by atoms with van der Waals surface area (Å²) in [5.41, 5.74) is 1.14. The van der Waals surface area contributed by atoms with Crippen LogP contribution in [0.4, 0.5) is 4.79 Å². The van der Waals surface area contributed by atoms with Crippen molar-refractivity contribution in [1.82, 2.24) is 15.1 Å². The van der Waals surface area contributed by atoms with E-state index in [9.17, 15) is 4.79 Å². The van der Waals surface area contributed by atoms with Crippen molar-refractivity contribution in [2.24, 2.45) is 0 Å². The van der Waals surface area contributed by atoms with Crippen LogP contribution in [-0.2, 0) is 5.54 Å². The summed E-state index contributed by atoms with van der Waals surface area (Å²) in [4.78, 5) is 16.8. The number of nitrogens with one attached hydrogen (secondary N) is 1. The molecule has 4 heteroatoms. The highest BCUT2D eigenvalue weighted by Crippen LogP contribution is 2.45. The molecular weight excluding hydrogens is 250 g/mol. The molecule has 2 fully saturated rings. The Labute approximate surface area is 120 Å². The van der Waals surface area contributed by atoms with Gasteiger partial charge in [-0.05, 0) is 24.9 Å². The fraction of sp³-hybridized carbons (Fsp3) is 0.562. The maximum absolute atomic E-state index is 12.4. The van der Waals surface area contributed by atoms with Crippen LogP contribution in [0.25, 0.3) is 0 Å². The van der Waals surface area contributed by atoms with Gasteiger partial charge in [-0.25, -0.2) is 4.79 Å². The van der Waals surface area contributed by atoms with E-state index in [2.05, 4.69) is 29.3 Å². The summed E-state index contributed by atoms with van der Waals surface area (Å²) < 4.78 is 0. The Morgan fingerprint density at radius 2 is 1.80 bits per heavy atom. The quantitative estimate of drug-likeness (QED) is 0.914. The monoisotopic (exact) mass is 273 g/mol. The van der Waals surface area contributed by atoms with Crippen LogP contribution < -0.4 is 5.32 Å². The summed E-state index contributed by atoms with van der Waals surface area (Å²) in [6, 6.07) is 10.4. The Morgan fingerprint density at radius 1 is 1.15 bits per heavy atom. The number of hydrogen-bond donors (Lipinski definition) is 1. The van der Waals surface area contributed by atoms with Crippen LogP contribution in [-0.4, -0.2) is 48.6 Å². The molecule has 3 rings (SSSR count). The van der Waals surface area contributed by atoms with Gasteiger partial charge in [0.1, 0.15) is 0 Å². The second-order valence-corrected chi connectivity index (χ2v) is 5.80. The minimum absolute atomic E-state index is 0.0970. The van der Waals surface area contributed by atoms with Crippen LogP contribution in [0.15, 0.2) is 30.3 Å². The lowest BCUT2D eigenvalue weighted by atomic mass is 10.1. The highest BCUT2D eigenvalue weighted by Gasteiger charge is 2.46. The first kappa shape index (κ1) is 13.4. The summed E-state index contributed by atoms with van der Waals surface area (Å²) in [6.45, 7) is 6.90. The number of urea groups is 1. The van der Waals surface area contributed by atoms with Crippen molar-refractivity contribution in [2.45, 2.75) is 25.3 Å². The Kier molecular flexibility index (Phi) is 3.66. The third-order valence-corrected chi connectivity index (χ3v) is 4.53. The first-order valence-corrected chi connectivity index (χ1v) is 7.58. The lowest BCUT2D eigenvalue weighted by molar-refractivity contribution is 0.140. The molecule has 0 spiro atoms. The van der Waals surface area contributed by atoms with Crippen molar-refractivity contribution in [3.63, 3.8) is 0 Å². The molecule has 1 heterocycles. The zero-order valence-electron chi connectivity index (χ0n) is 12.1. The zero-order chi connectivity index (χ0) is 14.0. The van der Waals surface area contributed by atoms with Gasteiger partial charge >= 0.3 is 6.03 Å². The number of benzene rings is 1. The third-order valence-electron chi connectivity index (χ3n) is 4.53. The molecule has 4 nitrogen and oxygen atoms in total. The minimum atomic E-state index is -0.0970. The van der Waals surface area contributed by atoms with Crippen molar-refractivity contribution in [3.05, 3.63) is 35.9 Å². The molecule has 0 radical (unpaired) electrons. The summed E-state index contributed by atoms with van der Waals surface area (Å²) in [5, 5.41) is 3.25. The van der Waals surface area contributed by atoms with E-state index in [1.165, 1.54) is 5.56 Å². The van der Waals surface area contributed by atoms with Gasteiger partial charge in [0.2, 0.25) is 0 Å². The number of likely N-dealkylation sites (N-methyl/N-ethyl adjacent to an activating group) is 1.